The lowest BCUT2D eigenvalue weighted by Gasteiger charge is -2.23. The first-order valence-corrected chi connectivity index (χ1v) is 4.64. The van der Waals surface area contributed by atoms with Crippen LogP contribution in [0.4, 0.5) is 0 Å². The zero-order valence-electron chi connectivity index (χ0n) is 7.14. The second-order valence-corrected chi connectivity index (χ2v) is 3.34. The molecule has 0 aromatic carbocycles. The molecule has 5 heteroatoms. The summed E-state index contributed by atoms with van der Waals surface area (Å²) in [6.45, 7) is 5.88. The van der Waals surface area contributed by atoms with Crippen molar-refractivity contribution >= 4 is 17.3 Å². The van der Waals surface area contributed by atoms with Crippen molar-refractivity contribution in [1.82, 2.24) is 5.32 Å². The number of nitrogens with two attached hydrogens (primary N) is 1. The second-order valence-electron chi connectivity index (χ2n) is 2.90. The van der Waals surface area contributed by atoms with Gasteiger partial charge in [0.15, 0.2) is 5.11 Å². The molecule has 4 N–H and O–H groups in total. The van der Waals surface area contributed by atoms with Crippen LogP contribution in [0.5, 0.6) is 0 Å². The van der Waals surface area contributed by atoms with Gasteiger partial charge in [-0.25, -0.2) is 0 Å². The highest BCUT2D eigenvalue weighted by molar-refractivity contribution is 7.80. The summed E-state index contributed by atoms with van der Waals surface area (Å²) >= 11 is 4.70. The molecule has 0 bridgehead atoms. The Morgan fingerprint density at radius 1 is 1.50 bits per heavy atom. The van der Waals surface area contributed by atoms with E-state index in [2.05, 4.69) is 5.32 Å². The Morgan fingerprint density at radius 2 is 2.17 bits per heavy atom. The maximum absolute atomic E-state index is 5.29. The topological polar surface area (TPSA) is 51.7 Å². The minimum absolute atomic E-state index is 0.391. The van der Waals surface area contributed by atoms with Crippen molar-refractivity contribution in [1.29, 1.82) is 0 Å². The van der Waals surface area contributed by atoms with Crippen molar-refractivity contribution < 1.29 is 9.64 Å². The van der Waals surface area contributed by atoms with Crippen LogP contribution < -0.4 is 16.0 Å². The molecule has 1 aliphatic rings. The molecule has 0 spiro atoms. The summed E-state index contributed by atoms with van der Waals surface area (Å²) in [6.07, 6.45) is 0. The maximum atomic E-state index is 5.29. The Bertz CT molecular complexity index is 148. The van der Waals surface area contributed by atoms with Gasteiger partial charge in [0.2, 0.25) is 0 Å². The van der Waals surface area contributed by atoms with Gasteiger partial charge in [-0.2, -0.15) is 0 Å². The van der Waals surface area contributed by atoms with Crippen molar-refractivity contribution in [2.75, 3.05) is 39.4 Å². The molecule has 1 heterocycles. The molecule has 0 aromatic rings. The third kappa shape index (κ3) is 3.85. The van der Waals surface area contributed by atoms with E-state index in [0.717, 1.165) is 39.4 Å². The van der Waals surface area contributed by atoms with Crippen LogP contribution in [0, 0.1) is 0 Å². The molecule has 0 saturated carbocycles. The smallest absolute Gasteiger partial charge is 0.163 e. The average Bonchev–Trinajstić information content (AvgIpc) is 2.05. The summed E-state index contributed by atoms with van der Waals surface area (Å²) in [5.74, 6) is 0. The van der Waals surface area contributed by atoms with Gasteiger partial charge in [-0.05, 0) is 12.2 Å². The van der Waals surface area contributed by atoms with E-state index in [4.69, 9.17) is 22.7 Å². The number of hydrogen-bond acceptors (Lipinski definition) is 2. The third-order valence-corrected chi connectivity index (χ3v) is 2.12. The fraction of sp³-hybridized carbons (Fsp3) is 0.857. The summed E-state index contributed by atoms with van der Waals surface area (Å²) in [5, 5.41) is 3.33. The van der Waals surface area contributed by atoms with Gasteiger partial charge in [-0.1, -0.05) is 0 Å². The van der Waals surface area contributed by atoms with E-state index in [0.29, 0.717) is 5.11 Å². The summed E-state index contributed by atoms with van der Waals surface area (Å²) in [5.41, 5.74) is 5.29. The van der Waals surface area contributed by atoms with Crippen molar-refractivity contribution in [2.24, 2.45) is 5.73 Å². The van der Waals surface area contributed by atoms with Gasteiger partial charge in [0.05, 0.1) is 26.3 Å². The predicted molar refractivity (Wildman–Crippen MR) is 51.2 cm³/mol. The first kappa shape index (κ1) is 9.70. The van der Waals surface area contributed by atoms with Gasteiger partial charge in [-0.3, -0.25) is 0 Å². The molecule has 0 amide bonds. The van der Waals surface area contributed by atoms with E-state index < -0.39 is 0 Å². The Morgan fingerprint density at radius 3 is 2.75 bits per heavy atom. The van der Waals surface area contributed by atoms with Gasteiger partial charge >= 0.3 is 0 Å². The van der Waals surface area contributed by atoms with E-state index in [9.17, 15) is 0 Å². The normalized spacial score (nSPS) is 19.0. The lowest BCUT2D eigenvalue weighted by molar-refractivity contribution is -0.906. The van der Waals surface area contributed by atoms with Crippen LogP contribution >= 0.6 is 12.2 Å². The highest BCUT2D eigenvalue weighted by Crippen LogP contribution is 1.73. The summed E-state index contributed by atoms with van der Waals surface area (Å²) in [7, 11) is 0. The van der Waals surface area contributed by atoms with Gasteiger partial charge in [0.25, 0.3) is 0 Å². The number of morpholine rings is 1. The fourth-order valence-corrected chi connectivity index (χ4v) is 1.37. The molecule has 0 aliphatic carbocycles. The number of thiocarbonyl (C=S) groups is 1. The molecule has 1 rings (SSSR count). The van der Waals surface area contributed by atoms with Crippen LogP contribution in [0.3, 0.4) is 0 Å². The molecular weight excluding hydrogens is 174 g/mol. The van der Waals surface area contributed by atoms with Crippen molar-refractivity contribution in [3.63, 3.8) is 0 Å². The van der Waals surface area contributed by atoms with E-state index in [1.807, 2.05) is 0 Å². The standard InChI is InChI=1S/C7H15N3OS/c8-7(12)9-1-2-10-3-5-11-6-4-10/h1-6H2,(H3,8,9,12)/p+1. The van der Waals surface area contributed by atoms with Crippen LogP contribution in [0.1, 0.15) is 0 Å². The fourth-order valence-electron chi connectivity index (χ4n) is 1.27. The van der Waals surface area contributed by atoms with Gasteiger partial charge in [0.1, 0.15) is 13.1 Å². The quantitative estimate of drug-likeness (QED) is 0.440. The van der Waals surface area contributed by atoms with Crippen molar-refractivity contribution in [3.05, 3.63) is 0 Å². The Labute approximate surface area is 78.0 Å². The summed E-state index contributed by atoms with van der Waals surface area (Å²) in [6, 6.07) is 0. The third-order valence-electron chi connectivity index (χ3n) is 1.98. The minimum atomic E-state index is 0.391. The summed E-state index contributed by atoms with van der Waals surface area (Å²) in [4.78, 5) is 1.56. The zero-order valence-corrected chi connectivity index (χ0v) is 7.95. The van der Waals surface area contributed by atoms with Crippen LogP contribution in [0.15, 0.2) is 0 Å². The Kier molecular flexibility index (Phi) is 4.27. The molecule has 0 radical (unpaired) electrons. The van der Waals surface area contributed by atoms with Gasteiger partial charge in [0, 0.05) is 0 Å². The summed E-state index contributed by atoms with van der Waals surface area (Å²) < 4.78 is 5.24. The Hall–Kier alpha value is -0.390. The molecular formula is C7H16N3OS+. The molecule has 70 valence electrons. The second kappa shape index (κ2) is 5.29. The van der Waals surface area contributed by atoms with Gasteiger partial charge in [-0.15, -0.1) is 0 Å². The van der Waals surface area contributed by atoms with E-state index >= 15 is 0 Å². The first-order valence-electron chi connectivity index (χ1n) is 4.23. The molecule has 12 heavy (non-hydrogen) atoms. The van der Waals surface area contributed by atoms with Crippen LogP contribution in [0.25, 0.3) is 0 Å². The number of ether oxygens (including phenoxy) is 1. The van der Waals surface area contributed by atoms with Crippen LogP contribution in [0.2, 0.25) is 0 Å². The first-order chi connectivity index (χ1) is 5.79. The maximum Gasteiger partial charge on any atom is 0.163 e. The molecule has 1 saturated heterocycles. The highest BCUT2D eigenvalue weighted by atomic mass is 32.1. The molecule has 0 aromatic heterocycles. The Balaban J connectivity index is 2.01. The molecule has 0 atom stereocenters. The predicted octanol–water partition coefficient (Wildman–Crippen LogP) is -2.27. The number of hydrogen-bond donors (Lipinski definition) is 3. The SMILES string of the molecule is NC(=S)NCC[NH+]1CCOCC1. The number of quaternary nitrogens is 1. The largest absolute Gasteiger partial charge is 0.376 e. The van der Waals surface area contributed by atoms with Gasteiger partial charge < -0.3 is 20.7 Å². The monoisotopic (exact) mass is 190 g/mol. The van der Waals surface area contributed by atoms with Crippen molar-refractivity contribution in [2.45, 2.75) is 0 Å². The molecule has 1 fully saturated rings. The number of nitrogens with one attached hydrogen (secondary N) is 2. The lowest BCUT2D eigenvalue weighted by atomic mass is 10.4. The molecule has 0 unspecified atom stereocenters. The van der Waals surface area contributed by atoms with Crippen LogP contribution in [-0.4, -0.2) is 44.5 Å². The minimum Gasteiger partial charge on any atom is -0.376 e. The van der Waals surface area contributed by atoms with E-state index in [1.165, 1.54) is 0 Å². The lowest BCUT2D eigenvalue weighted by Crippen LogP contribution is -3.14. The molecule has 1 aliphatic heterocycles. The average molecular weight is 190 g/mol. The van der Waals surface area contributed by atoms with Crippen molar-refractivity contribution in [3.8, 4) is 0 Å². The van der Waals surface area contributed by atoms with Crippen LogP contribution in [-0.2, 0) is 4.74 Å². The van der Waals surface area contributed by atoms with E-state index in [1.54, 1.807) is 4.90 Å². The molecule has 4 nitrogen and oxygen atoms in total. The van der Waals surface area contributed by atoms with E-state index in [-0.39, 0.29) is 0 Å². The zero-order chi connectivity index (χ0) is 8.81. The number of rotatable bonds is 3. The highest BCUT2D eigenvalue weighted by Gasteiger charge is 2.12.